The van der Waals surface area contributed by atoms with Crippen molar-refractivity contribution < 1.29 is 26.7 Å². The van der Waals surface area contributed by atoms with E-state index in [0.717, 1.165) is 40.2 Å². The summed E-state index contributed by atoms with van der Waals surface area (Å²) in [4.78, 5) is 16.4. The van der Waals surface area contributed by atoms with Crippen molar-refractivity contribution in [3.05, 3.63) is 54.1 Å². The Morgan fingerprint density at radius 2 is 1.67 bits per heavy atom. The maximum atomic E-state index is 13.6. The number of anilines is 2. The Labute approximate surface area is 174 Å². The van der Waals surface area contributed by atoms with E-state index in [4.69, 9.17) is 4.74 Å². The summed E-state index contributed by atoms with van der Waals surface area (Å²) < 4.78 is 57.0. The highest BCUT2D eigenvalue weighted by molar-refractivity contribution is 7.92. The summed E-state index contributed by atoms with van der Waals surface area (Å²) in [5, 5.41) is 0. The van der Waals surface area contributed by atoms with Crippen molar-refractivity contribution in [3.8, 4) is 5.75 Å². The maximum absolute atomic E-state index is 13.6. The van der Waals surface area contributed by atoms with E-state index in [1.807, 2.05) is 24.3 Å². The number of hydrogen-bond acceptors (Lipinski definition) is 5. The minimum Gasteiger partial charge on any atom is -0.497 e. The second-order valence-corrected chi connectivity index (χ2v) is 8.84. The molecule has 0 spiro atoms. The van der Waals surface area contributed by atoms with E-state index in [1.54, 1.807) is 12.0 Å². The standard InChI is InChI=1S/C20H23F2N3O4S/c1-29-17-6-3-15(4-7-17)23-9-11-24(12-10-23)20(26)14-25(30(2,27)28)16-5-8-18(21)19(22)13-16/h3-8,13H,9-12,14H2,1-2H3. The molecule has 30 heavy (non-hydrogen) atoms. The number of rotatable bonds is 6. The summed E-state index contributed by atoms with van der Waals surface area (Å²) in [5.74, 6) is -1.92. The van der Waals surface area contributed by atoms with Crippen LogP contribution in [0.5, 0.6) is 5.75 Å². The molecule has 1 heterocycles. The number of nitrogens with zero attached hydrogens (tertiary/aromatic N) is 3. The Bertz CT molecular complexity index is 1010. The Morgan fingerprint density at radius 1 is 1.03 bits per heavy atom. The van der Waals surface area contributed by atoms with Crippen molar-refractivity contribution in [1.29, 1.82) is 0 Å². The SMILES string of the molecule is COc1ccc(N2CCN(C(=O)CN(c3ccc(F)c(F)c3)S(C)(=O)=O)CC2)cc1. The molecule has 0 N–H and O–H groups in total. The van der Waals surface area contributed by atoms with Gasteiger partial charge in [0.1, 0.15) is 12.3 Å². The first kappa shape index (κ1) is 21.8. The number of carbonyl (C=O) groups excluding carboxylic acids is 1. The second kappa shape index (κ2) is 8.86. The number of methoxy groups -OCH3 is 1. The molecule has 2 aromatic carbocycles. The fourth-order valence-corrected chi connectivity index (χ4v) is 4.11. The van der Waals surface area contributed by atoms with Gasteiger partial charge in [-0.2, -0.15) is 0 Å². The van der Waals surface area contributed by atoms with Gasteiger partial charge in [0.05, 0.1) is 19.1 Å². The first-order chi connectivity index (χ1) is 14.2. The molecule has 2 aromatic rings. The quantitative estimate of drug-likeness (QED) is 0.690. The van der Waals surface area contributed by atoms with Gasteiger partial charge in [-0.25, -0.2) is 17.2 Å². The monoisotopic (exact) mass is 439 g/mol. The Hall–Kier alpha value is -2.88. The van der Waals surface area contributed by atoms with Crippen LogP contribution in [0.3, 0.4) is 0 Å². The van der Waals surface area contributed by atoms with Gasteiger partial charge >= 0.3 is 0 Å². The molecule has 1 aliphatic heterocycles. The summed E-state index contributed by atoms with van der Waals surface area (Å²) in [6, 6.07) is 10.3. The minimum absolute atomic E-state index is 0.0957. The fourth-order valence-electron chi connectivity index (χ4n) is 3.27. The molecule has 162 valence electrons. The molecule has 1 amide bonds. The molecular formula is C20H23F2N3O4S. The van der Waals surface area contributed by atoms with Gasteiger partial charge in [0.2, 0.25) is 15.9 Å². The van der Waals surface area contributed by atoms with Crippen LogP contribution in [0.2, 0.25) is 0 Å². The van der Waals surface area contributed by atoms with Gasteiger partial charge < -0.3 is 14.5 Å². The number of piperazine rings is 1. The third-order valence-electron chi connectivity index (χ3n) is 4.94. The highest BCUT2D eigenvalue weighted by Crippen LogP contribution is 2.22. The van der Waals surface area contributed by atoms with Gasteiger partial charge in [-0.05, 0) is 36.4 Å². The lowest BCUT2D eigenvalue weighted by Crippen LogP contribution is -2.52. The Kier molecular flexibility index (Phi) is 6.45. The molecule has 0 atom stereocenters. The number of benzene rings is 2. The van der Waals surface area contributed by atoms with Crippen LogP contribution in [0.15, 0.2) is 42.5 Å². The Balaban J connectivity index is 1.66. The van der Waals surface area contributed by atoms with Gasteiger partial charge in [0.15, 0.2) is 11.6 Å². The van der Waals surface area contributed by atoms with E-state index < -0.39 is 34.1 Å². The average Bonchev–Trinajstić information content (AvgIpc) is 2.73. The fraction of sp³-hybridized carbons (Fsp3) is 0.350. The van der Waals surface area contributed by atoms with Crippen molar-refractivity contribution in [3.63, 3.8) is 0 Å². The third kappa shape index (κ3) is 4.99. The van der Waals surface area contributed by atoms with E-state index in [9.17, 15) is 22.0 Å². The van der Waals surface area contributed by atoms with Crippen molar-refractivity contribution >= 4 is 27.3 Å². The molecule has 7 nitrogen and oxygen atoms in total. The predicted molar refractivity (Wildman–Crippen MR) is 110 cm³/mol. The molecular weight excluding hydrogens is 416 g/mol. The van der Waals surface area contributed by atoms with Crippen LogP contribution in [-0.2, 0) is 14.8 Å². The van der Waals surface area contributed by atoms with Gasteiger partial charge in [-0.15, -0.1) is 0 Å². The van der Waals surface area contributed by atoms with Crippen molar-refractivity contribution in [2.24, 2.45) is 0 Å². The molecule has 1 aliphatic rings. The topological polar surface area (TPSA) is 70.2 Å². The third-order valence-corrected chi connectivity index (χ3v) is 6.08. The molecule has 1 saturated heterocycles. The minimum atomic E-state index is -3.87. The van der Waals surface area contributed by atoms with Gasteiger partial charge in [-0.1, -0.05) is 0 Å². The number of ether oxygens (including phenoxy) is 1. The smallest absolute Gasteiger partial charge is 0.243 e. The molecule has 0 aromatic heterocycles. The van der Waals surface area contributed by atoms with E-state index in [0.29, 0.717) is 26.2 Å². The number of amides is 1. The molecule has 1 fully saturated rings. The first-order valence-electron chi connectivity index (χ1n) is 9.28. The maximum Gasteiger partial charge on any atom is 0.243 e. The molecule has 0 unspecified atom stereocenters. The van der Waals surface area contributed by atoms with Crippen molar-refractivity contribution in [2.45, 2.75) is 0 Å². The van der Waals surface area contributed by atoms with Crippen molar-refractivity contribution in [1.82, 2.24) is 4.90 Å². The lowest BCUT2D eigenvalue weighted by molar-refractivity contribution is -0.129. The number of hydrogen-bond donors (Lipinski definition) is 0. The van der Waals surface area contributed by atoms with Gasteiger partial charge in [0.25, 0.3) is 0 Å². The number of carbonyl (C=O) groups is 1. The lowest BCUT2D eigenvalue weighted by Gasteiger charge is -2.37. The van der Waals surface area contributed by atoms with E-state index in [-0.39, 0.29) is 5.69 Å². The Morgan fingerprint density at radius 3 is 2.20 bits per heavy atom. The first-order valence-corrected chi connectivity index (χ1v) is 11.1. The molecule has 0 saturated carbocycles. The van der Waals surface area contributed by atoms with Crippen LogP contribution < -0.4 is 13.9 Å². The summed E-state index contributed by atoms with van der Waals surface area (Å²) >= 11 is 0. The van der Waals surface area contributed by atoms with Crippen LogP contribution in [-0.4, -0.2) is 65.3 Å². The predicted octanol–water partition coefficient (Wildman–Crippen LogP) is 2.09. The van der Waals surface area contributed by atoms with E-state index in [2.05, 4.69) is 4.90 Å². The zero-order valence-corrected chi connectivity index (χ0v) is 17.5. The highest BCUT2D eigenvalue weighted by atomic mass is 32.2. The highest BCUT2D eigenvalue weighted by Gasteiger charge is 2.27. The second-order valence-electron chi connectivity index (χ2n) is 6.93. The number of sulfonamides is 1. The van der Waals surface area contributed by atoms with E-state index in [1.165, 1.54) is 0 Å². The van der Waals surface area contributed by atoms with Crippen LogP contribution in [0.1, 0.15) is 0 Å². The number of halogens is 2. The zero-order chi connectivity index (χ0) is 21.9. The molecule has 3 rings (SSSR count). The largest absolute Gasteiger partial charge is 0.497 e. The van der Waals surface area contributed by atoms with Crippen molar-refractivity contribution in [2.75, 3.05) is 55.3 Å². The summed E-state index contributed by atoms with van der Waals surface area (Å²) in [5.41, 5.74) is 0.907. The molecule has 0 radical (unpaired) electrons. The normalized spacial score (nSPS) is 14.5. The van der Waals surface area contributed by atoms with Crippen LogP contribution in [0.4, 0.5) is 20.2 Å². The zero-order valence-electron chi connectivity index (χ0n) is 16.7. The molecule has 0 aliphatic carbocycles. The van der Waals surface area contributed by atoms with Crippen LogP contribution in [0.25, 0.3) is 0 Å². The van der Waals surface area contributed by atoms with Crippen LogP contribution in [0, 0.1) is 11.6 Å². The van der Waals surface area contributed by atoms with Crippen LogP contribution >= 0.6 is 0 Å². The summed E-state index contributed by atoms with van der Waals surface area (Å²) in [7, 11) is -2.27. The van der Waals surface area contributed by atoms with Gasteiger partial charge in [-0.3, -0.25) is 9.10 Å². The molecule has 0 bridgehead atoms. The summed E-state index contributed by atoms with van der Waals surface area (Å²) in [6.45, 7) is 1.52. The van der Waals surface area contributed by atoms with E-state index >= 15 is 0 Å². The lowest BCUT2D eigenvalue weighted by atomic mass is 10.2. The average molecular weight is 439 g/mol. The molecule has 10 heteroatoms. The summed E-state index contributed by atoms with van der Waals surface area (Å²) in [6.07, 6.45) is 0.920. The van der Waals surface area contributed by atoms with Gasteiger partial charge in [0, 0.05) is 37.9 Å².